The lowest BCUT2D eigenvalue weighted by molar-refractivity contribution is 0.0925. The Hall–Kier alpha value is -1.98. The lowest BCUT2D eigenvalue weighted by Gasteiger charge is -2.18. The van der Waals surface area contributed by atoms with Crippen LogP contribution in [-0.4, -0.2) is 37.5 Å². The molecule has 0 saturated heterocycles. The number of carbonyl (C=O) groups is 1. The lowest BCUT2D eigenvalue weighted by atomic mass is 10.0. The lowest BCUT2D eigenvalue weighted by Crippen LogP contribution is -2.42. The maximum Gasteiger partial charge on any atom is 0.287 e. The average Bonchev–Trinajstić information content (AvgIpc) is 2.98. The first-order chi connectivity index (χ1) is 11.9. The second-order valence-electron chi connectivity index (χ2n) is 6.82. The second-order valence-corrected chi connectivity index (χ2v) is 6.82. The number of rotatable bonds is 10. The largest absolute Gasteiger partial charge is 0.459 e. The fraction of sp³-hybridized carbons (Fsp3) is 0.684. The van der Waals surface area contributed by atoms with E-state index in [4.69, 9.17) is 4.42 Å². The van der Waals surface area contributed by atoms with Gasteiger partial charge in [0.1, 0.15) is 0 Å². The Labute approximate surface area is 151 Å². The van der Waals surface area contributed by atoms with Crippen LogP contribution in [0.5, 0.6) is 0 Å². The van der Waals surface area contributed by atoms with Crippen molar-refractivity contribution in [3.05, 3.63) is 23.7 Å². The first-order valence-corrected chi connectivity index (χ1v) is 9.31. The van der Waals surface area contributed by atoms with Gasteiger partial charge in [-0.3, -0.25) is 9.79 Å². The van der Waals surface area contributed by atoms with Crippen LogP contribution >= 0.6 is 0 Å². The van der Waals surface area contributed by atoms with Gasteiger partial charge in [-0.15, -0.1) is 0 Å². The quantitative estimate of drug-likeness (QED) is 0.344. The highest BCUT2D eigenvalue weighted by Crippen LogP contribution is 2.08. The average molecular weight is 351 g/mol. The highest BCUT2D eigenvalue weighted by atomic mass is 16.3. The summed E-state index contributed by atoms with van der Waals surface area (Å²) in [6.45, 7) is 12.6. The van der Waals surface area contributed by atoms with Crippen LogP contribution in [0.3, 0.4) is 0 Å². The van der Waals surface area contributed by atoms with Crippen molar-refractivity contribution in [2.45, 2.75) is 59.9 Å². The molecule has 1 aromatic heterocycles. The molecule has 0 bridgehead atoms. The smallest absolute Gasteiger partial charge is 0.287 e. The molecule has 0 radical (unpaired) electrons. The van der Waals surface area contributed by atoms with Gasteiger partial charge in [0.05, 0.1) is 6.26 Å². The summed E-state index contributed by atoms with van der Waals surface area (Å²) in [5.74, 6) is 1.77. The molecule has 3 N–H and O–H groups in total. The number of guanidine groups is 1. The minimum absolute atomic E-state index is 0.168. The molecule has 1 aromatic rings. The molecular weight excluding hydrogens is 316 g/mol. The van der Waals surface area contributed by atoms with Crippen molar-refractivity contribution < 1.29 is 9.21 Å². The number of nitrogens with zero attached hydrogens (tertiary/aromatic N) is 1. The number of nitrogens with one attached hydrogen (secondary N) is 3. The number of hydrogen-bond donors (Lipinski definition) is 3. The van der Waals surface area contributed by atoms with Crippen LogP contribution in [0.25, 0.3) is 0 Å². The Bertz CT molecular complexity index is 537. The number of aliphatic imine (C=N–C) groups is 1. The van der Waals surface area contributed by atoms with Crippen molar-refractivity contribution in [3.8, 4) is 0 Å². The predicted octanol–water partition coefficient (Wildman–Crippen LogP) is 3.09. The summed E-state index contributed by atoms with van der Waals surface area (Å²) in [5.41, 5.74) is 0.851. The first-order valence-electron chi connectivity index (χ1n) is 9.31. The van der Waals surface area contributed by atoms with Crippen LogP contribution in [0.1, 0.15) is 63.1 Å². The fourth-order valence-electron chi connectivity index (χ4n) is 2.37. The van der Waals surface area contributed by atoms with Gasteiger partial charge in [-0.25, -0.2) is 0 Å². The van der Waals surface area contributed by atoms with E-state index in [2.05, 4.69) is 48.6 Å². The van der Waals surface area contributed by atoms with E-state index in [0.29, 0.717) is 30.8 Å². The molecule has 1 unspecified atom stereocenters. The van der Waals surface area contributed by atoms with E-state index in [1.54, 1.807) is 6.07 Å². The topological polar surface area (TPSA) is 78.7 Å². The molecule has 0 saturated carbocycles. The minimum atomic E-state index is -0.168. The third-order valence-corrected chi connectivity index (χ3v) is 3.86. The molecule has 6 heteroatoms. The summed E-state index contributed by atoms with van der Waals surface area (Å²) >= 11 is 0. The number of amides is 1. The summed E-state index contributed by atoms with van der Waals surface area (Å²) in [6.07, 6.45) is 4.64. The van der Waals surface area contributed by atoms with Gasteiger partial charge in [-0.2, -0.15) is 0 Å². The van der Waals surface area contributed by atoms with Crippen LogP contribution in [-0.2, 0) is 0 Å². The zero-order chi connectivity index (χ0) is 18.7. The fourth-order valence-corrected chi connectivity index (χ4v) is 2.37. The van der Waals surface area contributed by atoms with Gasteiger partial charge < -0.3 is 20.4 Å². The van der Waals surface area contributed by atoms with Crippen LogP contribution in [0.15, 0.2) is 21.7 Å². The molecule has 1 amide bonds. The normalized spacial score (nSPS) is 13.0. The molecular formula is C19H34N4O2. The first kappa shape index (κ1) is 21.1. The second kappa shape index (κ2) is 11.6. The van der Waals surface area contributed by atoms with E-state index in [9.17, 15) is 4.79 Å². The van der Waals surface area contributed by atoms with Crippen molar-refractivity contribution in [2.24, 2.45) is 10.9 Å². The number of hydrogen-bond acceptors (Lipinski definition) is 3. The Balaban J connectivity index is 2.32. The summed E-state index contributed by atoms with van der Waals surface area (Å²) in [4.78, 5) is 16.5. The molecule has 25 heavy (non-hydrogen) atoms. The highest BCUT2D eigenvalue weighted by molar-refractivity contribution is 5.92. The van der Waals surface area contributed by atoms with Gasteiger partial charge >= 0.3 is 0 Å². The van der Waals surface area contributed by atoms with Crippen molar-refractivity contribution in [2.75, 3.05) is 19.6 Å². The van der Waals surface area contributed by atoms with Gasteiger partial charge in [0.15, 0.2) is 11.7 Å². The number of aryl methyl sites for hydroxylation is 1. The molecule has 1 atom stereocenters. The Morgan fingerprint density at radius 1 is 1.24 bits per heavy atom. The summed E-state index contributed by atoms with van der Waals surface area (Å²) in [7, 11) is 0. The van der Waals surface area contributed by atoms with E-state index in [1.165, 1.54) is 12.7 Å². The zero-order valence-corrected chi connectivity index (χ0v) is 16.3. The summed E-state index contributed by atoms with van der Waals surface area (Å²) in [6, 6.07) is 2.18. The maximum absolute atomic E-state index is 11.9. The van der Waals surface area contributed by atoms with Crippen LogP contribution in [0.4, 0.5) is 0 Å². The SMILES string of the molecule is CCNC(=NCCCNC(=O)c1occc1C)NC(C)CCC(C)C. The Morgan fingerprint density at radius 3 is 2.60 bits per heavy atom. The van der Waals surface area contributed by atoms with Crippen molar-refractivity contribution in [3.63, 3.8) is 0 Å². The van der Waals surface area contributed by atoms with Crippen LogP contribution in [0.2, 0.25) is 0 Å². The standard InChI is InChI=1S/C19H34N4O2/c1-6-20-19(23-16(5)9-8-14(2)3)22-12-7-11-21-18(24)17-15(4)10-13-25-17/h10,13-14,16H,6-9,11-12H2,1-5H3,(H,21,24)(H2,20,22,23). The monoisotopic (exact) mass is 350 g/mol. The van der Waals surface area contributed by atoms with Crippen LogP contribution < -0.4 is 16.0 Å². The molecule has 1 rings (SSSR count). The molecule has 6 nitrogen and oxygen atoms in total. The van der Waals surface area contributed by atoms with Crippen molar-refractivity contribution in [1.29, 1.82) is 0 Å². The zero-order valence-electron chi connectivity index (χ0n) is 16.3. The number of carbonyl (C=O) groups excluding carboxylic acids is 1. The summed E-state index contributed by atoms with van der Waals surface area (Å²) in [5, 5.41) is 9.57. The van der Waals surface area contributed by atoms with E-state index in [0.717, 1.165) is 30.9 Å². The number of furan rings is 1. The van der Waals surface area contributed by atoms with E-state index < -0.39 is 0 Å². The molecule has 0 fully saturated rings. The third kappa shape index (κ3) is 8.61. The van der Waals surface area contributed by atoms with E-state index in [1.807, 2.05) is 6.92 Å². The minimum Gasteiger partial charge on any atom is -0.459 e. The van der Waals surface area contributed by atoms with E-state index >= 15 is 0 Å². The molecule has 0 spiro atoms. The molecule has 0 aliphatic carbocycles. The molecule has 0 aliphatic rings. The predicted molar refractivity (Wildman–Crippen MR) is 103 cm³/mol. The molecule has 1 heterocycles. The molecule has 142 valence electrons. The van der Waals surface area contributed by atoms with Gasteiger partial charge in [-0.05, 0) is 52.0 Å². The van der Waals surface area contributed by atoms with Gasteiger partial charge in [-0.1, -0.05) is 13.8 Å². The Kier molecular flexibility index (Phi) is 9.73. The Morgan fingerprint density at radius 2 is 2.00 bits per heavy atom. The maximum atomic E-state index is 11.9. The van der Waals surface area contributed by atoms with Crippen molar-refractivity contribution in [1.82, 2.24) is 16.0 Å². The molecule has 0 aliphatic heterocycles. The summed E-state index contributed by atoms with van der Waals surface area (Å²) < 4.78 is 5.18. The van der Waals surface area contributed by atoms with Gasteiger partial charge in [0.2, 0.25) is 0 Å². The third-order valence-electron chi connectivity index (χ3n) is 3.86. The van der Waals surface area contributed by atoms with Gasteiger partial charge in [0, 0.05) is 31.2 Å². The molecule has 0 aromatic carbocycles. The van der Waals surface area contributed by atoms with E-state index in [-0.39, 0.29) is 5.91 Å². The van der Waals surface area contributed by atoms with Crippen molar-refractivity contribution >= 4 is 11.9 Å². The van der Waals surface area contributed by atoms with Crippen LogP contribution in [0, 0.1) is 12.8 Å². The van der Waals surface area contributed by atoms with Gasteiger partial charge in [0.25, 0.3) is 5.91 Å². The highest BCUT2D eigenvalue weighted by Gasteiger charge is 2.11.